The first-order chi connectivity index (χ1) is 12.9. The lowest BCUT2D eigenvalue weighted by atomic mass is 9.94. The molecule has 1 aliphatic heterocycles. The van der Waals surface area contributed by atoms with Gasteiger partial charge >= 0.3 is 6.03 Å². The molecule has 0 unspecified atom stereocenters. The molecule has 0 aromatic heterocycles. The number of benzene rings is 2. The Bertz CT molecular complexity index is 869. The molecule has 3 rings (SSSR count). The number of fused-ring (bicyclic) bond motifs is 1. The molecule has 6 nitrogen and oxygen atoms in total. The molecule has 2 aromatic rings. The average molecular weight is 432 g/mol. The topological polar surface area (TPSA) is 81.7 Å². The molecular weight excluding hydrogens is 410 g/mol. The Morgan fingerprint density at radius 1 is 1.22 bits per heavy atom. The molecule has 0 bridgehead atoms. The van der Waals surface area contributed by atoms with Crippen LogP contribution in [0, 0.1) is 0 Å². The van der Waals surface area contributed by atoms with Crippen LogP contribution in [0.5, 0.6) is 0 Å². The van der Waals surface area contributed by atoms with E-state index in [1.807, 2.05) is 26.0 Å². The fourth-order valence-corrected chi connectivity index (χ4v) is 3.48. The predicted octanol–water partition coefficient (Wildman–Crippen LogP) is 3.73. The van der Waals surface area contributed by atoms with Crippen molar-refractivity contribution < 1.29 is 14.7 Å². The zero-order valence-corrected chi connectivity index (χ0v) is 16.8. The summed E-state index contributed by atoms with van der Waals surface area (Å²) in [4.78, 5) is 27.0. The van der Waals surface area contributed by atoms with E-state index in [1.54, 1.807) is 30.3 Å². The van der Waals surface area contributed by atoms with Crippen LogP contribution in [0.25, 0.3) is 0 Å². The summed E-state index contributed by atoms with van der Waals surface area (Å²) in [6.07, 6.45) is 1.56. The van der Waals surface area contributed by atoms with Gasteiger partial charge in [0.15, 0.2) is 0 Å². The van der Waals surface area contributed by atoms with Crippen LogP contribution in [0.3, 0.4) is 0 Å². The van der Waals surface area contributed by atoms with Gasteiger partial charge in [0, 0.05) is 22.3 Å². The Morgan fingerprint density at radius 3 is 2.56 bits per heavy atom. The summed E-state index contributed by atoms with van der Waals surface area (Å²) < 4.78 is 0.695. The van der Waals surface area contributed by atoms with Crippen molar-refractivity contribution in [2.75, 3.05) is 16.8 Å². The molecule has 7 heteroatoms. The minimum atomic E-state index is -2.16. The Kier molecular flexibility index (Phi) is 5.53. The minimum absolute atomic E-state index is 0.310. The Labute approximate surface area is 166 Å². The number of urea groups is 1. The summed E-state index contributed by atoms with van der Waals surface area (Å²) in [7, 11) is 0. The lowest BCUT2D eigenvalue weighted by molar-refractivity contribution is -0.140. The highest BCUT2D eigenvalue weighted by atomic mass is 79.9. The van der Waals surface area contributed by atoms with Gasteiger partial charge in [-0.15, -0.1) is 0 Å². The van der Waals surface area contributed by atoms with Gasteiger partial charge in [-0.05, 0) is 48.7 Å². The number of carbonyl (C=O) groups is 2. The van der Waals surface area contributed by atoms with Crippen LogP contribution in [0.4, 0.5) is 16.2 Å². The largest absolute Gasteiger partial charge is 0.359 e. The molecule has 0 spiro atoms. The molecule has 0 aliphatic carbocycles. The number of anilines is 2. The summed E-state index contributed by atoms with van der Waals surface area (Å²) >= 11 is 3.38. The maximum Gasteiger partial charge on any atom is 0.329 e. The first-order valence-corrected chi connectivity index (χ1v) is 9.72. The summed E-state index contributed by atoms with van der Waals surface area (Å²) in [6.45, 7) is 4.35. The molecule has 2 aromatic carbocycles. The molecule has 1 aliphatic rings. The number of aryl methyl sites for hydroxylation is 1. The number of nitrogens with zero attached hydrogens (tertiary/aromatic N) is 1. The summed E-state index contributed by atoms with van der Waals surface area (Å²) in [6, 6.07) is 11.7. The third-order valence-electron chi connectivity index (χ3n) is 4.58. The molecule has 0 saturated carbocycles. The Balaban J connectivity index is 2.16. The monoisotopic (exact) mass is 431 g/mol. The summed E-state index contributed by atoms with van der Waals surface area (Å²) in [5.74, 6) is -0.641. The first-order valence-electron chi connectivity index (χ1n) is 8.92. The second-order valence-electron chi connectivity index (χ2n) is 6.40. The van der Waals surface area contributed by atoms with Gasteiger partial charge in [0.25, 0.3) is 11.6 Å². The van der Waals surface area contributed by atoms with Crippen LogP contribution < -0.4 is 15.5 Å². The highest BCUT2D eigenvalue weighted by molar-refractivity contribution is 9.10. The van der Waals surface area contributed by atoms with Gasteiger partial charge in [-0.1, -0.05) is 41.9 Å². The normalized spacial score (nSPS) is 18.7. The molecule has 0 fully saturated rings. The molecule has 3 N–H and O–H groups in total. The van der Waals surface area contributed by atoms with Crippen molar-refractivity contribution in [2.45, 2.75) is 32.4 Å². The highest BCUT2D eigenvalue weighted by Gasteiger charge is 2.52. The Hall–Kier alpha value is -2.38. The van der Waals surface area contributed by atoms with Crippen molar-refractivity contribution in [2.24, 2.45) is 0 Å². The molecule has 142 valence electrons. The standard InChI is InChI=1S/C20H22BrN3O3/c1-3-11-22-18(25)20(27)16-12-14(21)7-10-17(16)23-19(26)24(20)15-8-5-13(4-2)6-9-15/h5-10,12,27H,3-4,11H2,1-2H3,(H,22,25)(H,23,26)/t20-/m0/s1. The fraction of sp³-hybridized carbons (Fsp3) is 0.300. The zero-order chi connectivity index (χ0) is 19.6. The van der Waals surface area contributed by atoms with Crippen molar-refractivity contribution in [3.63, 3.8) is 0 Å². The van der Waals surface area contributed by atoms with Crippen LogP contribution in [-0.4, -0.2) is 23.6 Å². The highest BCUT2D eigenvalue weighted by Crippen LogP contribution is 2.41. The van der Waals surface area contributed by atoms with E-state index >= 15 is 0 Å². The molecule has 0 radical (unpaired) electrons. The summed E-state index contributed by atoms with van der Waals surface area (Å²) in [5, 5.41) is 17.1. The Morgan fingerprint density at radius 2 is 1.93 bits per heavy atom. The second-order valence-corrected chi connectivity index (χ2v) is 7.32. The SMILES string of the molecule is CCCNC(=O)[C@@]1(O)c2cc(Br)ccc2NC(=O)N1c1ccc(CC)cc1. The van der Waals surface area contributed by atoms with E-state index in [1.165, 1.54) is 0 Å². The number of carbonyl (C=O) groups excluding carboxylic acids is 2. The summed E-state index contributed by atoms with van der Waals surface area (Å²) in [5.41, 5.74) is 0.0795. The predicted molar refractivity (Wildman–Crippen MR) is 109 cm³/mol. The van der Waals surface area contributed by atoms with Crippen molar-refractivity contribution >= 4 is 39.2 Å². The van der Waals surface area contributed by atoms with Crippen LogP contribution >= 0.6 is 15.9 Å². The van der Waals surface area contributed by atoms with E-state index in [2.05, 4.69) is 26.6 Å². The van der Waals surface area contributed by atoms with Crippen molar-refractivity contribution in [1.29, 1.82) is 0 Å². The van der Waals surface area contributed by atoms with Crippen LogP contribution in [0.15, 0.2) is 46.9 Å². The third kappa shape index (κ3) is 3.44. The third-order valence-corrected chi connectivity index (χ3v) is 5.07. The van der Waals surface area contributed by atoms with Crippen LogP contribution in [0.1, 0.15) is 31.4 Å². The first kappa shape index (κ1) is 19.4. The van der Waals surface area contributed by atoms with E-state index in [0.717, 1.165) is 16.9 Å². The molecule has 1 heterocycles. The van der Waals surface area contributed by atoms with Gasteiger partial charge in [0.1, 0.15) is 0 Å². The number of nitrogens with one attached hydrogen (secondary N) is 2. The number of amides is 3. The van der Waals surface area contributed by atoms with Crippen molar-refractivity contribution in [1.82, 2.24) is 5.32 Å². The van der Waals surface area contributed by atoms with Crippen LogP contribution in [-0.2, 0) is 16.9 Å². The maximum absolute atomic E-state index is 13.0. The van der Waals surface area contributed by atoms with E-state index in [0.29, 0.717) is 34.4 Å². The number of halogens is 1. The molecule has 1 atom stereocenters. The van der Waals surface area contributed by atoms with Gasteiger partial charge in [-0.2, -0.15) is 0 Å². The molecule has 27 heavy (non-hydrogen) atoms. The molecule has 0 saturated heterocycles. The van der Waals surface area contributed by atoms with Crippen LogP contribution in [0.2, 0.25) is 0 Å². The minimum Gasteiger partial charge on any atom is -0.359 e. The number of rotatable bonds is 5. The fourth-order valence-electron chi connectivity index (χ4n) is 3.12. The zero-order valence-electron chi connectivity index (χ0n) is 15.3. The van der Waals surface area contributed by atoms with Gasteiger partial charge in [-0.25, -0.2) is 4.79 Å². The average Bonchev–Trinajstić information content (AvgIpc) is 2.67. The maximum atomic E-state index is 13.0. The number of hydrogen-bond donors (Lipinski definition) is 3. The van der Waals surface area contributed by atoms with Gasteiger partial charge in [0.05, 0.1) is 5.69 Å². The van der Waals surface area contributed by atoms with E-state index in [4.69, 9.17) is 0 Å². The molecule has 3 amide bonds. The lowest BCUT2D eigenvalue weighted by Gasteiger charge is -2.42. The smallest absolute Gasteiger partial charge is 0.329 e. The van der Waals surface area contributed by atoms with E-state index in [-0.39, 0.29) is 0 Å². The van der Waals surface area contributed by atoms with Gasteiger partial charge in [0.2, 0.25) is 0 Å². The molecular formula is C20H22BrN3O3. The van der Waals surface area contributed by atoms with Gasteiger partial charge < -0.3 is 15.7 Å². The van der Waals surface area contributed by atoms with E-state index < -0.39 is 17.7 Å². The van der Waals surface area contributed by atoms with Gasteiger partial charge in [-0.3, -0.25) is 9.69 Å². The second kappa shape index (κ2) is 7.70. The number of hydrogen-bond acceptors (Lipinski definition) is 3. The van der Waals surface area contributed by atoms with E-state index in [9.17, 15) is 14.7 Å². The lowest BCUT2D eigenvalue weighted by Crippen LogP contribution is -2.62. The van der Waals surface area contributed by atoms with Crippen molar-refractivity contribution in [3.8, 4) is 0 Å². The quantitative estimate of drug-likeness (QED) is 0.674. The number of aliphatic hydroxyl groups is 1. The van der Waals surface area contributed by atoms with Crippen molar-refractivity contribution in [3.05, 3.63) is 58.1 Å².